The summed E-state index contributed by atoms with van der Waals surface area (Å²) in [7, 11) is 0.419. The number of sulfonamides is 1. The van der Waals surface area contributed by atoms with Crippen LogP contribution < -0.4 is 14.2 Å². The fraction of sp³-hybridized carbons (Fsp3) is 0.150. The van der Waals surface area contributed by atoms with Gasteiger partial charge in [-0.25, -0.2) is 13.2 Å². The Morgan fingerprint density at radius 3 is 2.47 bits per heavy atom. The molecule has 0 aliphatic rings. The molecule has 0 fully saturated rings. The van der Waals surface area contributed by atoms with E-state index in [1.54, 1.807) is 35.2 Å². The molecule has 168 valence electrons. The Hall–Kier alpha value is -3.51. The Kier molecular flexibility index (Phi) is 7.05. The Balaban J connectivity index is 1.90. The van der Waals surface area contributed by atoms with Crippen LogP contribution in [0, 0.1) is 0 Å². The molecule has 0 saturated heterocycles. The van der Waals surface area contributed by atoms with E-state index in [0.29, 0.717) is 16.4 Å². The van der Waals surface area contributed by atoms with Gasteiger partial charge < -0.3 is 19.1 Å². The van der Waals surface area contributed by atoms with Crippen molar-refractivity contribution in [2.45, 2.75) is 14.9 Å². The molecule has 2 aromatic carbocycles. The minimum atomic E-state index is -4.09. The third-order valence-electron chi connectivity index (χ3n) is 4.16. The van der Waals surface area contributed by atoms with Crippen molar-refractivity contribution in [2.24, 2.45) is 7.05 Å². The number of carboxylic acids is 1. The molecule has 0 aliphatic carbocycles. The summed E-state index contributed by atoms with van der Waals surface area (Å²) >= 11 is 1.38. The predicted molar refractivity (Wildman–Crippen MR) is 119 cm³/mol. The summed E-state index contributed by atoms with van der Waals surface area (Å²) < 4.78 is 41.0. The topological polar surface area (TPSA) is 133 Å². The van der Waals surface area contributed by atoms with Gasteiger partial charge in [-0.15, -0.1) is 10.2 Å². The normalized spacial score (nSPS) is 11.5. The molecule has 12 heteroatoms. The number of aromatic nitrogens is 3. The van der Waals surface area contributed by atoms with Crippen LogP contribution in [-0.2, 0) is 21.9 Å². The van der Waals surface area contributed by atoms with Gasteiger partial charge in [0.2, 0.25) is 0 Å². The van der Waals surface area contributed by atoms with Gasteiger partial charge in [-0.05, 0) is 59.8 Å². The molecule has 32 heavy (non-hydrogen) atoms. The molecule has 0 atom stereocenters. The summed E-state index contributed by atoms with van der Waals surface area (Å²) in [5, 5.41) is 17.4. The molecule has 0 spiro atoms. The zero-order valence-corrected chi connectivity index (χ0v) is 19.0. The van der Waals surface area contributed by atoms with Crippen LogP contribution >= 0.6 is 11.8 Å². The molecule has 1 heterocycles. The van der Waals surface area contributed by atoms with Crippen LogP contribution in [0.25, 0.3) is 6.08 Å². The molecule has 3 aromatic rings. The number of anilines is 1. The van der Waals surface area contributed by atoms with Crippen molar-refractivity contribution in [3.8, 4) is 11.5 Å². The highest BCUT2D eigenvalue weighted by Crippen LogP contribution is 2.37. The SMILES string of the molecule is COc1cc(/C=C/C(=O)O)cc(S(=O)(=O)Nc2ccc(Sc3nncn3C)cc2)c1OC. The lowest BCUT2D eigenvalue weighted by Gasteiger charge is -2.15. The summed E-state index contributed by atoms with van der Waals surface area (Å²) in [6, 6.07) is 9.53. The number of nitrogens with zero attached hydrogens (tertiary/aromatic N) is 3. The Morgan fingerprint density at radius 1 is 1.19 bits per heavy atom. The van der Waals surface area contributed by atoms with Crippen molar-refractivity contribution < 1.29 is 27.8 Å². The van der Waals surface area contributed by atoms with Gasteiger partial charge in [-0.1, -0.05) is 0 Å². The summed E-state index contributed by atoms with van der Waals surface area (Å²) in [5.74, 6) is -1.01. The lowest BCUT2D eigenvalue weighted by atomic mass is 10.2. The van der Waals surface area contributed by atoms with E-state index in [2.05, 4.69) is 14.9 Å². The smallest absolute Gasteiger partial charge is 0.328 e. The molecule has 10 nitrogen and oxygen atoms in total. The van der Waals surface area contributed by atoms with Gasteiger partial charge in [0.1, 0.15) is 11.2 Å². The molecular formula is C20H20N4O6S2. The highest BCUT2D eigenvalue weighted by Gasteiger charge is 2.24. The molecular weight excluding hydrogens is 456 g/mol. The van der Waals surface area contributed by atoms with Crippen LogP contribution in [0.4, 0.5) is 5.69 Å². The zero-order chi connectivity index (χ0) is 23.3. The van der Waals surface area contributed by atoms with Crippen molar-refractivity contribution >= 4 is 39.5 Å². The van der Waals surface area contributed by atoms with Crippen LogP contribution in [0.1, 0.15) is 5.56 Å². The molecule has 0 radical (unpaired) electrons. The molecule has 0 unspecified atom stereocenters. The number of methoxy groups -OCH3 is 2. The van der Waals surface area contributed by atoms with Crippen molar-refractivity contribution in [1.82, 2.24) is 14.8 Å². The van der Waals surface area contributed by atoms with E-state index in [1.807, 2.05) is 7.05 Å². The van der Waals surface area contributed by atoms with Gasteiger partial charge in [0.05, 0.1) is 14.2 Å². The minimum absolute atomic E-state index is 0.00179. The highest BCUT2D eigenvalue weighted by molar-refractivity contribution is 7.99. The largest absolute Gasteiger partial charge is 0.493 e. The Morgan fingerprint density at radius 2 is 1.91 bits per heavy atom. The van der Waals surface area contributed by atoms with Crippen LogP contribution in [0.2, 0.25) is 0 Å². The Bertz CT molecular complexity index is 1250. The van der Waals surface area contributed by atoms with Gasteiger partial charge in [-0.2, -0.15) is 0 Å². The van der Waals surface area contributed by atoms with Crippen LogP contribution in [0.3, 0.4) is 0 Å². The van der Waals surface area contributed by atoms with Crippen LogP contribution in [-0.4, -0.2) is 48.5 Å². The summed E-state index contributed by atoms with van der Waals surface area (Å²) in [4.78, 5) is 11.5. The van der Waals surface area contributed by atoms with Crippen molar-refractivity contribution in [2.75, 3.05) is 18.9 Å². The van der Waals surface area contributed by atoms with E-state index in [1.165, 1.54) is 44.2 Å². The van der Waals surface area contributed by atoms with Crippen molar-refractivity contribution in [1.29, 1.82) is 0 Å². The lowest BCUT2D eigenvalue weighted by molar-refractivity contribution is -0.131. The van der Waals surface area contributed by atoms with Crippen molar-refractivity contribution in [3.63, 3.8) is 0 Å². The van der Waals surface area contributed by atoms with E-state index in [4.69, 9.17) is 14.6 Å². The number of rotatable bonds is 9. The maximum absolute atomic E-state index is 13.1. The first-order chi connectivity index (χ1) is 15.2. The maximum Gasteiger partial charge on any atom is 0.328 e. The zero-order valence-electron chi connectivity index (χ0n) is 17.3. The summed E-state index contributed by atoms with van der Waals surface area (Å²) in [6.45, 7) is 0. The predicted octanol–water partition coefficient (Wildman–Crippen LogP) is 2.88. The fourth-order valence-corrected chi connectivity index (χ4v) is 4.72. The number of nitrogens with one attached hydrogen (secondary N) is 1. The molecule has 0 amide bonds. The van der Waals surface area contributed by atoms with Crippen molar-refractivity contribution in [3.05, 3.63) is 54.4 Å². The van der Waals surface area contributed by atoms with E-state index in [0.717, 1.165) is 11.0 Å². The van der Waals surface area contributed by atoms with Gasteiger partial charge in [0.25, 0.3) is 10.0 Å². The summed E-state index contributed by atoms with van der Waals surface area (Å²) in [5.41, 5.74) is 0.653. The molecule has 0 bridgehead atoms. The number of aryl methyl sites for hydroxylation is 1. The van der Waals surface area contributed by atoms with E-state index in [9.17, 15) is 13.2 Å². The van der Waals surface area contributed by atoms with Crippen LogP contribution in [0.5, 0.6) is 11.5 Å². The second-order valence-electron chi connectivity index (χ2n) is 6.38. The van der Waals surface area contributed by atoms with Gasteiger partial charge in [0.15, 0.2) is 16.7 Å². The third kappa shape index (κ3) is 5.39. The quantitative estimate of drug-likeness (QED) is 0.447. The number of carboxylic acid groups (broad SMARTS) is 1. The number of benzene rings is 2. The highest BCUT2D eigenvalue weighted by atomic mass is 32.2. The van der Waals surface area contributed by atoms with Crippen LogP contribution in [0.15, 0.2) is 63.7 Å². The molecule has 0 aliphatic heterocycles. The second-order valence-corrected chi connectivity index (χ2v) is 9.07. The number of carbonyl (C=O) groups is 1. The van der Waals surface area contributed by atoms with Gasteiger partial charge in [-0.3, -0.25) is 4.72 Å². The monoisotopic (exact) mass is 476 g/mol. The van der Waals surface area contributed by atoms with E-state index in [-0.39, 0.29) is 16.4 Å². The first-order valence-electron chi connectivity index (χ1n) is 9.05. The number of hydrogen-bond acceptors (Lipinski definition) is 8. The number of hydrogen-bond donors (Lipinski definition) is 2. The maximum atomic E-state index is 13.1. The Labute approximate surface area is 188 Å². The molecule has 3 rings (SSSR count). The van der Waals surface area contributed by atoms with Gasteiger partial charge in [0, 0.05) is 23.7 Å². The first kappa shape index (κ1) is 23.2. The standard InChI is InChI=1S/C20H20N4O6S2/c1-24-12-21-22-20(24)31-15-7-5-14(6-8-15)23-32(27,28)17-11-13(4-9-18(25)26)10-16(29-2)19(17)30-3/h4-12,23H,1-3H3,(H,25,26)/b9-4+. The van der Waals surface area contributed by atoms with E-state index >= 15 is 0 Å². The third-order valence-corrected chi connectivity index (χ3v) is 6.61. The molecule has 1 aromatic heterocycles. The lowest BCUT2D eigenvalue weighted by Crippen LogP contribution is -2.14. The fourth-order valence-electron chi connectivity index (χ4n) is 2.68. The minimum Gasteiger partial charge on any atom is -0.493 e. The first-order valence-corrected chi connectivity index (χ1v) is 11.3. The van der Waals surface area contributed by atoms with E-state index < -0.39 is 16.0 Å². The summed E-state index contributed by atoms with van der Waals surface area (Å²) in [6.07, 6.45) is 3.76. The molecule has 2 N–H and O–H groups in total. The average Bonchev–Trinajstić information content (AvgIpc) is 3.16. The van der Waals surface area contributed by atoms with Gasteiger partial charge >= 0.3 is 5.97 Å². The average molecular weight is 477 g/mol. The number of aliphatic carboxylic acids is 1. The molecule has 0 saturated carbocycles. The second kappa shape index (κ2) is 9.75. The number of ether oxygens (including phenoxy) is 2.